The van der Waals surface area contributed by atoms with Gasteiger partial charge in [0, 0.05) is 17.6 Å². The summed E-state index contributed by atoms with van der Waals surface area (Å²) in [7, 11) is 0. The second-order valence-corrected chi connectivity index (χ2v) is 6.93. The van der Waals surface area contributed by atoms with E-state index in [4.69, 9.17) is 14.2 Å². The van der Waals surface area contributed by atoms with Gasteiger partial charge in [0.05, 0.1) is 17.3 Å². The lowest BCUT2D eigenvalue weighted by atomic mass is 9.84. The monoisotopic (exact) mass is 280 g/mol. The zero-order chi connectivity index (χ0) is 14.3. The number of carbonyl (C=O) groups excluding carboxylic acids is 1. The highest BCUT2D eigenvalue weighted by Gasteiger charge is 2.63. The maximum absolute atomic E-state index is 11.8. The summed E-state index contributed by atoms with van der Waals surface area (Å²) in [5.41, 5.74) is 0.689. The predicted octanol–water partition coefficient (Wildman–Crippen LogP) is 1.09. The van der Waals surface area contributed by atoms with Crippen LogP contribution in [0.2, 0.25) is 0 Å². The molecule has 0 aromatic rings. The smallest absolute Gasteiger partial charge is 0.334 e. The van der Waals surface area contributed by atoms with E-state index in [1.165, 1.54) is 0 Å². The highest BCUT2D eigenvalue weighted by molar-refractivity contribution is 5.92. The van der Waals surface area contributed by atoms with Crippen LogP contribution in [0.5, 0.6) is 0 Å². The first-order chi connectivity index (χ1) is 9.34. The highest BCUT2D eigenvalue weighted by atomic mass is 16.6. The van der Waals surface area contributed by atoms with E-state index in [0.29, 0.717) is 17.6 Å². The van der Waals surface area contributed by atoms with Crippen LogP contribution >= 0.6 is 0 Å². The summed E-state index contributed by atoms with van der Waals surface area (Å²) in [6.45, 7) is 5.79. The Labute approximate surface area is 117 Å². The van der Waals surface area contributed by atoms with Crippen molar-refractivity contribution < 1.29 is 24.1 Å². The largest absolute Gasteiger partial charge is 0.454 e. The molecule has 0 radical (unpaired) electrons. The molecule has 3 heterocycles. The number of epoxide rings is 2. The van der Waals surface area contributed by atoms with Crippen molar-refractivity contribution in [1.82, 2.24) is 0 Å². The van der Waals surface area contributed by atoms with Crippen molar-refractivity contribution in [3.63, 3.8) is 0 Å². The Morgan fingerprint density at radius 2 is 2.00 bits per heavy atom. The van der Waals surface area contributed by atoms with Crippen molar-refractivity contribution >= 4 is 5.97 Å². The lowest BCUT2D eigenvalue weighted by Gasteiger charge is -2.22. The average Bonchev–Trinajstić information content (AvgIpc) is 3.19. The van der Waals surface area contributed by atoms with Crippen LogP contribution in [0.25, 0.3) is 0 Å². The van der Waals surface area contributed by atoms with Crippen LogP contribution in [0, 0.1) is 0 Å². The second-order valence-electron chi connectivity index (χ2n) is 6.93. The van der Waals surface area contributed by atoms with Gasteiger partial charge in [0.15, 0.2) is 0 Å². The van der Waals surface area contributed by atoms with Crippen molar-refractivity contribution in [2.75, 3.05) is 0 Å². The van der Waals surface area contributed by atoms with Crippen LogP contribution in [0.15, 0.2) is 11.1 Å². The van der Waals surface area contributed by atoms with E-state index in [0.717, 1.165) is 12.8 Å². The fraction of sp³-hybridized carbons (Fsp3) is 0.800. The molecule has 3 aliphatic heterocycles. The molecule has 2 saturated heterocycles. The van der Waals surface area contributed by atoms with E-state index in [2.05, 4.69) is 6.92 Å². The van der Waals surface area contributed by atoms with Gasteiger partial charge in [0.25, 0.3) is 0 Å². The molecule has 4 aliphatic rings. The number of fused-ring (bicyclic) bond motifs is 3. The first-order valence-corrected chi connectivity index (χ1v) is 7.29. The van der Waals surface area contributed by atoms with Gasteiger partial charge in [-0.3, -0.25) is 0 Å². The lowest BCUT2D eigenvalue weighted by molar-refractivity contribution is -0.140. The third kappa shape index (κ3) is 1.63. The number of ether oxygens (including phenoxy) is 3. The number of hydrogen-bond acceptors (Lipinski definition) is 5. The van der Waals surface area contributed by atoms with Gasteiger partial charge in [0.1, 0.15) is 18.3 Å². The molecular formula is C15H20O5. The summed E-state index contributed by atoms with van der Waals surface area (Å²) >= 11 is 0. The summed E-state index contributed by atoms with van der Waals surface area (Å²) in [5, 5.41) is 10.6. The lowest BCUT2D eigenvalue weighted by Crippen LogP contribution is -2.33. The van der Waals surface area contributed by atoms with Crippen molar-refractivity contribution in [2.24, 2.45) is 0 Å². The van der Waals surface area contributed by atoms with E-state index in [1.54, 1.807) is 6.92 Å². The molecule has 0 spiro atoms. The zero-order valence-corrected chi connectivity index (χ0v) is 12.0. The average molecular weight is 280 g/mol. The quantitative estimate of drug-likeness (QED) is 0.531. The molecule has 2 unspecified atom stereocenters. The minimum absolute atomic E-state index is 0.209. The topological polar surface area (TPSA) is 71.6 Å². The number of aliphatic hydroxyl groups is 1. The van der Waals surface area contributed by atoms with E-state index < -0.39 is 6.10 Å². The molecular weight excluding hydrogens is 260 g/mol. The molecule has 6 atom stereocenters. The van der Waals surface area contributed by atoms with E-state index >= 15 is 0 Å². The fourth-order valence-corrected chi connectivity index (χ4v) is 3.84. The van der Waals surface area contributed by atoms with Crippen molar-refractivity contribution in [1.29, 1.82) is 0 Å². The Hall–Kier alpha value is -0.910. The van der Waals surface area contributed by atoms with Crippen LogP contribution in [0.1, 0.15) is 40.0 Å². The molecule has 0 aromatic carbocycles. The normalized spacial score (nSPS) is 53.7. The highest BCUT2D eigenvalue weighted by Crippen LogP contribution is 2.53. The predicted molar refractivity (Wildman–Crippen MR) is 69.0 cm³/mol. The standard InChI is InChI=1S/C15H20O5/c1-7-10-8(18-13(7)17)6-15(3)9(19-15)4-5-14(2)12(20-14)11(10)16/h8-9,11-12,16H,4-6H2,1-3H3/t8-,9?,11+,12?,14+,15-/m1/s1. The molecule has 5 nitrogen and oxygen atoms in total. The second kappa shape index (κ2) is 3.64. The van der Waals surface area contributed by atoms with Crippen molar-refractivity contribution in [3.05, 3.63) is 11.1 Å². The molecule has 0 amide bonds. The maximum atomic E-state index is 11.8. The summed E-state index contributed by atoms with van der Waals surface area (Å²) in [6.07, 6.45) is 1.27. The number of hydrogen-bond donors (Lipinski definition) is 1. The van der Waals surface area contributed by atoms with Gasteiger partial charge in [-0.15, -0.1) is 0 Å². The van der Waals surface area contributed by atoms with E-state index in [-0.39, 0.29) is 35.5 Å². The zero-order valence-electron chi connectivity index (χ0n) is 12.0. The number of carbonyl (C=O) groups is 1. The van der Waals surface area contributed by atoms with Crippen molar-refractivity contribution in [3.8, 4) is 0 Å². The van der Waals surface area contributed by atoms with Crippen LogP contribution in [-0.4, -0.2) is 46.7 Å². The van der Waals surface area contributed by atoms with Crippen LogP contribution < -0.4 is 0 Å². The van der Waals surface area contributed by atoms with Crippen LogP contribution in [0.4, 0.5) is 0 Å². The Bertz CT molecular complexity index is 526. The third-order valence-corrected chi connectivity index (χ3v) is 5.41. The van der Waals surface area contributed by atoms with Gasteiger partial charge >= 0.3 is 5.97 Å². The Morgan fingerprint density at radius 3 is 2.75 bits per heavy atom. The van der Waals surface area contributed by atoms with Crippen molar-refractivity contribution in [2.45, 2.75) is 75.7 Å². The van der Waals surface area contributed by atoms with E-state index in [9.17, 15) is 9.90 Å². The minimum Gasteiger partial charge on any atom is -0.454 e. The SMILES string of the molecule is CC1=C2[C@@H](C[C@@]3(C)OC3CC[C@]3(C)OC3[C@H]2O)OC1=O. The number of rotatable bonds is 0. The van der Waals surface area contributed by atoms with Gasteiger partial charge in [0.2, 0.25) is 0 Å². The third-order valence-electron chi connectivity index (χ3n) is 5.41. The number of esters is 1. The van der Waals surface area contributed by atoms with Gasteiger partial charge in [-0.1, -0.05) is 0 Å². The maximum Gasteiger partial charge on any atom is 0.334 e. The first kappa shape index (κ1) is 12.8. The van der Waals surface area contributed by atoms with E-state index in [1.807, 2.05) is 6.92 Å². The molecule has 20 heavy (non-hydrogen) atoms. The van der Waals surface area contributed by atoms with Gasteiger partial charge in [-0.25, -0.2) is 4.79 Å². The molecule has 110 valence electrons. The molecule has 0 aromatic heterocycles. The van der Waals surface area contributed by atoms with Gasteiger partial charge in [-0.2, -0.15) is 0 Å². The minimum atomic E-state index is -0.754. The molecule has 1 saturated carbocycles. The summed E-state index contributed by atoms with van der Waals surface area (Å²) in [6, 6.07) is 0. The molecule has 5 heteroatoms. The summed E-state index contributed by atoms with van der Waals surface area (Å²) < 4.78 is 17.0. The first-order valence-electron chi connectivity index (χ1n) is 7.29. The van der Waals surface area contributed by atoms with Crippen LogP contribution in [-0.2, 0) is 19.0 Å². The Balaban J connectivity index is 1.71. The fourth-order valence-electron chi connectivity index (χ4n) is 3.84. The summed E-state index contributed by atoms with van der Waals surface area (Å²) in [5.74, 6) is -0.327. The molecule has 4 rings (SSSR count). The number of aliphatic hydroxyl groups excluding tert-OH is 1. The van der Waals surface area contributed by atoms with Gasteiger partial charge in [-0.05, 0) is 33.6 Å². The van der Waals surface area contributed by atoms with Gasteiger partial charge < -0.3 is 19.3 Å². The summed E-state index contributed by atoms with van der Waals surface area (Å²) in [4.78, 5) is 11.8. The van der Waals surface area contributed by atoms with Crippen LogP contribution in [0.3, 0.4) is 0 Å². The Kier molecular flexibility index (Phi) is 2.33. The molecule has 1 aliphatic carbocycles. The molecule has 1 N–H and O–H groups in total. The molecule has 3 fully saturated rings. The molecule has 0 bridgehead atoms. The Morgan fingerprint density at radius 1 is 1.25 bits per heavy atom.